The highest BCUT2D eigenvalue weighted by atomic mass is 35.5. The van der Waals surface area contributed by atoms with E-state index in [2.05, 4.69) is 0 Å². The van der Waals surface area contributed by atoms with E-state index < -0.39 is 11.2 Å². The minimum atomic E-state index is -0.589. The van der Waals surface area contributed by atoms with Crippen molar-refractivity contribution in [3.8, 4) is 11.4 Å². The van der Waals surface area contributed by atoms with Crippen molar-refractivity contribution in [1.29, 1.82) is 0 Å². The maximum atomic E-state index is 13.4. The molecule has 0 N–H and O–H groups in total. The van der Waals surface area contributed by atoms with Gasteiger partial charge in [-0.25, -0.2) is 9.36 Å². The molecule has 0 bridgehead atoms. The van der Waals surface area contributed by atoms with Crippen LogP contribution in [0.3, 0.4) is 0 Å². The quantitative estimate of drug-likeness (QED) is 0.461. The lowest BCUT2D eigenvalue weighted by Gasteiger charge is -2.30. The number of aryl methyl sites for hydroxylation is 1. The molecule has 0 fully saturated rings. The Kier molecular flexibility index (Phi) is 5.11. The normalized spacial score (nSPS) is 13.1. The number of hydrogen-bond acceptors (Lipinski definition) is 5. The fourth-order valence-electron chi connectivity index (χ4n) is 3.89. The molecule has 32 heavy (non-hydrogen) atoms. The van der Waals surface area contributed by atoms with E-state index in [-0.39, 0.29) is 12.5 Å². The number of anilines is 1. The molecule has 1 amide bonds. The minimum absolute atomic E-state index is 0.208. The fourth-order valence-corrected chi connectivity index (χ4v) is 4.90. The van der Waals surface area contributed by atoms with Gasteiger partial charge in [-0.15, -0.1) is 11.3 Å². The number of thiophene rings is 1. The molecule has 1 aliphatic heterocycles. The molecule has 1 aliphatic rings. The van der Waals surface area contributed by atoms with Crippen LogP contribution in [0.25, 0.3) is 15.9 Å². The van der Waals surface area contributed by atoms with Gasteiger partial charge in [0.2, 0.25) is 5.91 Å². The molecular formula is C23H18ClN3O4S. The number of ether oxygens (including phenoxy) is 1. The number of carbonyl (C=O) groups excluding carboxylic acids is 1. The average Bonchev–Trinajstić information content (AvgIpc) is 3.26. The topological polar surface area (TPSA) is 73.5 Å². The Morgan fingerprint density at radius 1 is 1.16 bits per heavy atom. The molecule has 7 nitrogen and oxygen atoms in total. The summed E-state index contributed by atoms with van der Waals surface area (Å²) in [5.41, 5.74) is 1.45. The maximum Gasteiger partial charge on any atom is 0.336 e. The summed E-state index contributed by atoms with van der Waals surface area (Å²) in [6, 6.07) is 13.9. The first kappa shape index (κ1) is 20.5. The second-order valence-electron chi connectivity index (χ2n) is 7.49. The predicted molar refractivity (Wildman–Crippen MR) is 126 cm³/mol. The Balaban J connectivity index is 1.63. The number of benzene rings is 2. The molecule has 0 aliphatic carbocycles. The lowest BCUT2D eigenvalue weighted by molar-refractivity contribution is -0.119. The van der Waals surface area contributed by atoms with Crippen LogP contribution in [-0.4, -0.2) is 28.2 Å². The largest absolute Gasteiger partial charge is 0.490 e. The van der Waals surface area contributed by atoms with Crippen molar-refractivity contribution in [2.24, 2.45) is 0 Å². The van der Waals surface area contributed by atoms with Gasteiger partial charge in [-0.05, 0) is 54.3 Å². The molecular weight excluding hydrogens is 450 g/mol. The van der Waals surface area contributed by atoms with Crippen LogP contribution < -0.4 is 20.9 Å². The molecule has 0 saturated carbocycles. The Morgan fingerprint density at radius 2 is 2.00 bits per heavy atom. The molecule has 0 spiro atoms. The minimum Gasteiger partial charge on any atom is -0.490 e. The van der Waals surface area contributed by atoms with Gasteiger partial charge in [-0.1, -0.05) is 23.7 Å². The highest BCUT2D eigenvalue weighted by molar-refractivity contribution is 7.17. The van der Waals surface area contributed by atoms with Crippen LogP contribution in [-0.2, 0) is 11.3 Å². The number of aromatic nitrogens is 2. The Labute approximate surface area is 191 Å². The van der Waals surface area contributed by atoms with Crippen molar-refractivity contribution in [1.82, 2.24) is 9.13 Å². The van der Waals surface area contributed by atoms with Crippen LogP contribution in [0.4, 0.5) is 5.69 Å². The van der Waals surface area contributed by atoms with Gasteiger partial charge in [0.1, 0.15) is 23.6 Å². The number of fused-ring (bicyclic) bond motifs is 2. The Morgan fingerprint density at radius 3 is 2.81 bits per heavy atom. The second-order valence-corrected chi connectivity index (χ2v) is 8.84. The van der Waals surface area contributed by atoms with E-state index in [4.69, 9.17) is 16.3 Å². The van der Waals surface area contributed by atoms with Gasteiger partial charge in [-0.3, -0.25) is 14.2 Å². The molecule has 0 atom stereocenters. The number of halogens is 1. The highest BCUT2D eigenvalue weighted by Crippen LogP contribution is 2.32. The predicted octanol–water partition coefficient (Wildman–Crippen LogP) is 3.60. The smallest absolute Gasteiger partial charge is 0.336 e. The number of amides is 1. The summed E-state index contributed by atoms with van der Waals surface area (Å²) in [5.74, 6) is 0.373. The number of carbonyl (C=O) groups is 1. The summed E-state index contributed by atoms with van der Waals surface area (Å²) < 4.78 is 8.49. The molecule has 3 heterocycles. The molecule has 2 aromatic heterocycles. The van der Waals surface area contributed by atoms with Gasteiger partial charge >= 0.3 is 5.69 Å². The maximum absolute atomic E-state index is 13.4. The molecule has 0 saturated heterocycles. The van der Waals surface area contributed by atoms with E-state index in [1.165, 1.54) is 15.9 Å². The molecule has 0 unspecified atom stereocenters. The molecule has 9 heteroatoms. The van der Waals surface area contributed by atoms with Gasteiger partial charge in [0.15, 0.2) is 0 Å². The van der Waals surface area contributed by atoms with Crippen LogP contribution >= 0.6 is 22.9 Å². The van der Waals surface area contributed by atoms with Gasteiger partial charge < -0.3 is 9.64 Å². The third kappa shape index (κ3) is 3.41. The third-order valence-electron chi connectivity index (χ3n) is 5.39. The van der Waals surface area contributed by atoms with E-state index in [1.807, 2.05) is 25.1 Å². The summed E-state index contributed by atoms with van der Waals surface area (Å²) in [6.07, 6.45) is 0. The summed E-state index contributed by atoms with van der Waals surface area (Å²) >= 11 is 7.32. The summed E-state index contributed by atoms with van der Waals surface area (Å²) in [7, 11) is 0. The molecule has 2 aromatic carbocycles. The van der Waals surface area contributed by atoms with Crippen molar-refractivity contribution in [3.63, 3.8) is 0 Å². The van der Waals surface area contributed by atoms with E-state index in [0.717, 1.165) is 10.1 Å². The molecule has 0 radical (unpaired) electrons. The lowest BCUT2D eigenvalue weighted by Crippen LogP contribution is -2.44. The van der Waals surface area contributed by atoms with E-state index in [0.29, 0.717) is 45.5 Å². The summed E-state index contributed by atoms with van der Waals surface area (Å²) in [5, 5.41) is 2.14. The summed E-state index contributed by atoms with van der Waals surface area (Å²) in [4.78, 5) is 41.5. The highest BCUT2D eigenvalue weighted by Gasteiger charge is 2.26. The van der Waals surface area contributed by atoms with Gasteiger partial charge in [0.05, 0.1) is 23.4 Å². The van der Waals surface area contributed by atoms with E-state index in [1.54, 1.807) is 40.6 Å². The Hall–Kier alpha value is -3.36. The number of hydrogen-bond donors (Lipinski definition) is 0. The zero-order valence-electron chi connectivity index (χ0n) is 17.1. The number of nitrogens with zero attached hydrogens (tertiary/aromatic N) is 3. The van der Waals surface area contributed by atoms with Crippen LogP contribution in [0, 0.1) is 6.92 Å². The lowest BCUT2D eigenvalue weighted by atomic mass is 10.1. The molecule has 4 aromatic rings. The SMILES string of the molecule is Cc1ccc2c(c1)N(C(=O)Cn1c(=O)n(-c3cccc(Cl)c3)c(=O)c3sccc31)CCO2. The average molecular weight is 468 g/mol. The first-order chi connectivity index (χ1) is 15.4. The standard InChI is InChI=1S/C23H18ClN3O4S/c1-14-5-6-19-18(11-14)25(8-9-31-19)20(28)13-26-17-7-10-32-21(17)22(29)27(23(26)30)16-4-2-3-15(24)12-16/h2-7,10-12H,8-9,13H2,1H3. The third-order valence-corrected chi connectivity index (χ3v) is 6.52. The zero-order chi connectivity index (χ0) is 22.4. The number of rotatable bonds is 3. The first-order valence-corrected chi connectivity index (χ1v) is 11.2. The van der Waals surface area contributed by atoms with E-state index in [9.17, 15) is 14.4 Å². The fraction of sp³-hybridized carbons (Fsp3) is 0.174. The van der Waals surface area contributed by atoms with Crippen molar-refractivity contribution >= 4 is 44.7 Å². The van der Waals surface area contributed by atoms with Crippen LogP contribution in [0.5, 0.6) is 5.75 Å². The molecule has 162 valence electrons. The van der Waals surface area contributed by atoms with Gasteiger partial charge in [0, 0.05) is 5.02 Å². The van der Waals surface area contributed by atoms with Crippen molar-refractivity contribution in [3.05, 3.63) is 85.3 Å². The zero-order valence-corrected chi connectivity index (χ0v) is 18.7. The van der Waals surface area contributed by atoms with Crippen molar-refractivity contribution < 1.29 is 9.53 Å². The van der Waals surface area contributed by atoms with Gasteiger partial charge in [0.25, 0.3) is 5.56 Å². The van der Waals surface area contributed by atoms with E-state index >= 15 is 0 Å². The Bertz CT molecular complexity index is 1490. The summed E-state index contributed by atoms with van der Waals surface area (Å²) in [6.45, 7) is 2.48. The van der Waals surface area contributed by atoms with Gasteiger partial charge in [-0.2, -0.15) is 0 Å². The van der Waals surface area contributed by atoms with Crippen molar-refractivity contribution in [2.75, 3.05) is 18.1 Å². The first-order valence-electron chi connectivity index (χ1n) is 9.97. The monoisotopic (exact) mass is 467 g/mol. The van der Waals surface area contributed by atoms with Crippen LogP contribution in [0.1, 0.15) is 5.56 Å². The second kappa shape index (κ2) is 7.96. The van der Waals surface area contributed by atoms with Crippen LogP contribution in [0.2, 0.25) is 5.02 Å². The van der Waals surface area contributed by atoms with Crippen molar-refractivity contribution in [2.45, 2.75) is 13.5 Å². The van der Waals surface area contributed by atoms with Crippen LogP contribution in [0.15, 0.2) is 63.5 Å². The molecule has 5 rings (SSSR count).